The number of allylic oxidation sites excluding steroid dienone is 3. The molecule has 6 heteroatoms. The smallest absolute Gasteiger partial charge is 0.332 e. The van der Waals surface area contributed by atoms with Crippen molar-refractivity contribution in [2.75, 3.05) is 26.8 Å². The molecule has 0 radical (unpaired) electrons. The lowest BCUT2D eigenvalue weighted by Gasteiger charge is -2.37. The van der Waals surface area contributed by atoms with Crippen molar-refractivity contribution >= 4 is 17.5 Å². The lowest BCUT2D eigenvalue weighted by molar-refractivity contribution is -0.135. The highest BCUT2D eigenvalue weighted by atomic mass is 19.1. The normalized spacial score (nSPS) is 16.9. The van der Waals surface area contributed by atoms with Gasteiger partial charge in [-0.3, -0.25) is 9.59 Å². The van der Waals surface area contributed by atoms with Crippen LogP contribution in [0.5, 0.6) is 0 Å². The second-order valence-electron chi connectivity index (χ2n) is 8.86. The first-order chi connectivity index (χ1) is 16.4. The molecule has 5 nitrogen and oxygen atoms in total. The maximum atomic E-state index is 13.4. The van der Waals surface area contributed by atoms with E-state index in [4.69, 9.17) is 11.2 Å². The third-order valence-electron chi connectivity index (χ3n) is 6.05. The highest BCUT2D eigenvalue weighted by molar-refractivity contribution is 5.91. The van der Waals surface area contributed by atoms with Gasteiger partial charge in [0.15, 0.2) is 0 Å². The molecule has 1 aliphatic heterocycles. The van der Waals surface area contributed by atoms with Crippen LogP contribution in [0.25, 0.3) is 5.57 Å². The Morgan fingerprint density at radius 1 is 1.32 bits per heavy atom. The van der Waals surface area contributed by atoms with E-state index in [1.807, 2.05) is 24.8 Å². The zero-order valence-electron chi connectivity index (χ0n) is 20.6. The number of hydrogen-bond donors (Lipinski definition) is 1. The van der Waals surface area contributed by atoms with Gasteiger partial charge in [-0.1, -0.05) is 24.1 Å². The van der Waals surface area contributed by atoms with Gasteiger partial charge in [0.25, 0.3) is 0 Å². The van der Waals surface area contributed by atoms with E-state index in [0.29, 0.717) is 18.6 Å². The quantitative estimate of drug-likeness (QED) is 0.204. The molecule has 1 N–H and O–H groups in total. The summed E-state index contributed by atoms with van der Waals surface area (Å²) in [5, 5.41) is 3.39. The molecule has 1 amide bonds. The molecule has 0 aliphatic carbocycles. The van der Waals surface area contributed by atoms with Gasteiger partial charge in [0.05, 0.1) is 5.56 Å². The summed E-state index contributed by atoms with van der Waals surface area (Å²) in [6.07, 6.45) is 13.9. The molecule has 1 aliphatic rings. The SMILES string of the molecule is C#C/C=C(\C(=C/CC(=O)N(C(C)C)C1CCCNC1)CCCCOC)c1cccc(C(=O)F)c1. The average Bonchev–Trinajstić information content (AvgIpc) is 2.83. The van der Waals surface area contributed by atoms with Crippen molar-refractivity contribution < 1.29 is 18.7 Å². The molecule has 1 aromatic rings. The van der Waals surface area contributed by atoms with Crippen LogP contribution in [-0.4, -0.2) is 55.7 Å². The molecule has 1 saturated heterocycles. The second-order valence-corrected chi connectivity index (χ2v) is 8.86. The Kier molecular flexibility index (Phi) is 11.7. The number of piperidine rings is 1. The summed E-state index contributed by atoms with van der Waals surface area (Å²) in [4.78, 5) is 26.6. The highest BCUT2D eigenvalue weighted by Gasteiger charge is 2.27. The first-order valence-corrected chi connectivity index (χ1v) is 12.1. The van der Waals surface area contributed by atoms with E-state index in [-0.39, 0.29) is 30.0 Å². The lowest BCUT2D eigenvalue weighted by atomic mass is 9.91. The number of rotatable bonds is 12. The Balaban J connectivity index is 2.34. The number of nitrogens with one attached hydrogen (secondary N) is 1. The van der Waals surface area contributed by atoms with Crippen molar-refractivity contribution in [1.29, 1.82) is 0 Å². The van der Waals surface area contributed by atoms with Crippen LogP contribution in [0.2, 0.25) is 0 Å². The Morgan fingerprint density at radius 3 is 2.71 bits per heavy atom. The van der Waals surface area contributed by atoms with E-state index in [2.05, 4.69) is 11.2 Å². The molecular weight excluding hydrogens is 431 g/mol. The Labute approximate surface area is 203 Å². The van der Waals surface area contributed by atoms with Gasteiger partial charge in [-0.05, 0) is 87.4 Å². The summed E-state index contributed by atoms with van der Waals surface area (Å²) in [7, 11) is 1.67. The van der Waals surface area contributed by atoms with Crippen LogP contribution in [0, 0.1) is 12.3 Å². The van der Waals surface area contributed by atoms with Crippen LogP contribution in [-0.2, 0) is 9.53 Å². The summed E-state index contributed by atoms with van der Waals surface area (Å²) in [5.74, 6) is 2.64. The van der Waals surface area contributed by atoms with E-state index >= 15 is 0 Å². The minimum Gasteiger partial charge on any atom is -0.385 e. The number of nitrogens with zero attached hydrogens (tertiary/aromatic N) is 1. The standard InChI is InChI=1S/C28H37FN2O3/c1-5-10-26(23-12-8-13-24(19-23)28(29)33)22(11-6-7-18-34-4)15-16-27(32)31(21(2)3)25-14-9-17-30-20-25/h1,8,10,12-13,15,19,21,25,30H,6-7,9,11,14,16-18,20H2,2-4H3/b22-15-,26-10+. The van der Waals surface area contributed by atoms with Crippen molar-refractivity contribution in [3.63, 3.8) is 0 Å². The third kappa shape index (κ3) is 8.23. The predicted octanol–water partition coefficient (Wildman–Crippen LogP) is 4.94. The number of methoxy groups -OCH3 is 1. The summed E-state index contributed by atoms with van der Waals surface area (Å²) >= 11 is 0. The van der Waals surface area contributed by atoms with E-state index < -0.39 is 6.04 Å². The van der Waals surface area contributed by atoms with Gasteiger partial charge < -0.3 is 15.0 Å². The number of carbonyl (C=O) groups excluding carboxylic acids is 2. The van der Waals surface area contributed by atoms with Gasteiger partial charge in [-0.25, -0.2) is 0 Å². The van der Waals surface area contributed by atoms with E-state index in [0.717, 1.165) is 49.9 Å². The summed E-state index contributed by atoms with van der Waals surface area (Å²) < 4.78 is 18.5. The number of amides is 1. The maximum absolute atomic E-state index is 13.4. The first kappa shape index (κ1) is 27.5. The molecule has 1 aromatic carbocycles. The number of carbonyl (C=O) groups is 2. The van der Waals surface area contributed by atoms with Crippen LogP contribution in [0.4, 0.5) is 4.39 Å². The summed E-state index contributed by atoms with van der Waals surface area (Å²) in [6, 6.07) is 5.17. The Bertz CT molecular complexity index is 924. The zero-order valence-corrected chi connectivity index (χ0v) is 20.6. The van der Waals surface area contributed by atoms with E-state index in [9.17, 15) is 14.0 Å². The van der Waals surface area contributed by atoms with Crippen LogP contribution >= 0.6 is 0 Å². The topological polar surface area (TPSA) is 58.6 Å². The number of terminal acetylenes is 1. The second kappa shape index (κ2) is 14.5. The molecular formula is C28H37FN2O3. The molecule has 184 valence electrons. The Morgan fingerprint density at radius 2 is 2.09 bits per heavy atom. The van der Waals surface area contributed by atoms with Gasteiger partial charge in [0.2, 0.25) is 5.91 Å². The molecule has 2 rings (SSSR count). The van der Waals surface area contributed by atoms with Crippen LogP contribution in [0.1, 0.15) is 68.3 Å². The van der Waals surface area contributed by atoms with Gasteiger partial charge in [-0.15, -0.1) is 6.42 Å². The third-order valence-corrected chi connectivity index (χ3v) is 6.05. The largest absolute Gasteiger partial charge is 0.385 e. The molecule has 0 saturated carbocycles. The van der Waals surface area contributed by atoms with Crippen LogP contribution < -0.4 is 5.32 Å². The zero-order chi connectivity index (χ0) is 24.9. The monoisotopic (exact) mass is 468 g/mol. The van der Waals surface area contributed by atoms with E-state index in [1.165, 1.54) is 12.1 Å². The lowest BCUT2D eigenvalue weighted by Crippen LogP contribution is -2.51. The minimum absolute atomic E-state index is 0.0222. The molecule has 1 heterocycles. The summed E-state index contributed by atoms with van der Waals surface area (Å²) in [5.41, 5.74) is 2.28. The van der Waals surface area contributed by atoms with Crippen molar-refractivity contribution in [1.82, 2.24) is 10.2 Å². The fraction of sp³-hybridized carbons (Fsp3) is 0.500. The summed E-state index contributed by atoms with van der Waals surface area (Å²) in [6.45, 7) is 6.53. The van der Waals surface area contributed by atoms with Crippen molar-refractivity contribution in [3.05, 3.63) is 53.1 Å². The Hall–Kier alpha value is -2.75. The fourth-order valence-electron chi connectivity index (χ4n) is 4.46. The first-order valence-electron chi connectivity index (χ1n) is 12.1. The van der Waals surface area contributed by atoms with Crippen LogP contribution in [0.15, 0.2) is 42.0 Å². The van der Waals surface area contributed by atoms with Crippen molar-refractivity contribution in [2.24, 2.45) is 0 Å². The number of ether oxygens (including phenoxy) is 1. The van der Waals surface area contributed by atoms with Crippen molar-refractivity contribution in [2.45, 2.75) is 64.5 Å². The molecule has 0 bridgehead atoms. The van der Waals surface area contributed by atoms with Gasteiger partial charge in [-0.2, -0.15) is 4.39 Å². The molecule has 1 unspecified atom stereocenters. The van der Waals surface area contributed by atoms with Gasteiger partial charge in [0, 0.05) is 38.8 Å². The fourth-order valence-corrected chi connectivity index (χ4v) is 4.46. The number of unbranched alkanes of at least 4 members (excludes halogenated alkanes) is 1. The molecule has 34 heavy (non-hydrogen) atoms. The van der Waals surface area contributed by atoms with Crippen molar-refractivity contribution in [3.8, 4) is 12.3 Å². The number of benzene rings is 1. The maximum Gasteiger partial charge on any atom is 0.332 e. The molecule has 0 spiro atoms. The van der Waals surface area contributed by atoms with Gasteiger partial charge >= 0.3 is 6.04 Å². The minimum atomic E-state index is -1.49. The average molecular weight is 469 g/mol. The van der Waals surface area contributed by atoms with Crippen LogP contribution in [0.3, 0.4) is 0 Å². The molecule has 1 atom stereocenters. The number of hydrogen-bond acceptors (Lipinski definition) is 4. The number of halogens is 1. The van der Waals surface area contributed by atoms with E-state index in [1.54, 1.807) is 25.3 Å². The molecule has 1 fully saturated rings. The predicted molar refractivity (Wildman–Crippen MR) is 135 cm³/mol. The molecule has 0 aromatic heterocycles. The highest BCUT2D eigenvalue weighted by Crippen LogP contribution is 2.29. The van der Waals surface area contributed by atoms with Gasteiger partial charge in [0.1, 0.15) is 0 Å².